The Morgan fingerprint density at radius 3 is 1.50 bits per heavy atom. The first-order valence-corrected chi connectivity index (χ1v) is 8.72. The van der Waals surface area contributed by atoms with Crippen LogP contribution in [0.3, 0.4) is 0 Å². The molecule has 0 saturated carbocycles. The Bertz CT molecular complexity index is 240. The molecule has 0 aliphatic rings. The third kappa shape index (κ3) is 20.3. The van der Waals surface area contributed by atoms with Gasteiger partial charge < -0.3 is 14.7 Å². The van der Waals surface area contributed by atoms with Crippen molar-refractivity contribution in [2.45, 2.75) is 96.8 Å². The molecular formula is C16H33BO4Zr. The van der Waals surface area contributed by atoms with Crippen molar-refractivity contribution < 1.29 is 45.7 Å². The van der Waals surface area contributed by atoms with E-state index in [0.717, 1.165) is 19.3 Å². The van der Waals surface area contributed by atoms with Crippen LogP contribution in [0.1, 0.15) is 96.8 Å². The van der Waals surface area contributed by atoms with E-state index in [1.54, 1.807) is 0 Å². The zero-order valence-corrected chi connectivity index (χ0v) is 16.6. The van der Waals surface area contributed by atoms with E-state index < -0.39 is 13.3 Å². The first-order chi connectivity index (χ1) is 10.2. The first kappa shape index (κ1) is 24.6. The molecule has 6 heteroatoms. The zero-order chi connectivity index (χ0) is 15.8. The fourth-order valence-electron chi connectivity index (χ4n) is 2.46. The summed E-state index contributed by atoms with van der Waals surface area (Å²) in [5.41, 5.74) is 0. The molecule has 2 N–H and O–H groups in total. The summed E-state index contributed by atoms with van der Waals surface area (Å²) >= 11 is 0. The van der Waals surface area contributed by atoms with Crippen LogP contribution in [-0.2, 0) is 35.7 Å². The van der Waals surface area contributed by atoms with Gasteiger partial charge in [0.1, 0.15) is 0 Å². The Hall–Kier alpha value is 0.338. The summed E-state index contributed by atoms with van der Waals surface area (Å²) in [5.74, 6) is -0.534. The second-order valence-electron chi connectivity index (χ2n) is 5.81. The van der Waals surface area contributed by atoms with Gasteiger partial charge in [0.25, 0.3) is 5.97 Å². The minimum atomic E-state index is -1.97. The van der Waals surface area contributed by atoms with Crippen molar-refractivity contribution in [2.24, 2.45) is 0 Å². The third-order valence-corrected chi connectivity index (χ3v) is 3.72. The molecule has 0 bridgehead atoms. The maximum absolute atomic E-state index is 11.0. The predicted molar refractivity (Wildman–Crippen MR) is 86.6 cm³/mol. The summed E-state index contributed by atoms with van der Waals surface area (Å²) in [6, 6.07) is 0. The van der Waals surface area contributed by atoms with E-state index in [0.29, 0.717) is 0 Å². The average molecular weight is 391 g/mol. The van der Waals surface area contributed by atoms with Gasteiger partial charge in [0.2, 0.25) is 0 Å². The molecule has 0 aromatic rings. The van der Waals surface area contributed by atoms with E-state index in [-0.39, 0.29) is 32.6 Å². The van der Waals surface area contributed by atoms with Crippen molar-refractivity contribution in [1.29, 1.82) is 0 Å². The molecule has 0 rings (SSSR count). The molecule has 128 valence electrons. The van der Waals surface area contributed by atoms with E-state index in [2.05, 4.69) is 11.6 Å². The number of hydrogen-bond donors (Lipinski definition) is 2. The van der Waals surface area contributed by atoms with Crippen LogP contribution in [0.2, 0.25) is 0 Å². The smallest absolute Gasteiger partial charge is 0.485 e. The maximum atomic E-state index is 11.0. The van der Waals surface area contributed by atoms with Crippen molar-refractivity contribution in [1.82, 2.24) is 0 Å². The molecule has 0 fully saturated rings. The SMILES string of the molecule is CCCCCCCCCCCCCCCC(=O)OB(O)O.[Zr]. The van der Waals surface area contributed by atoms with Gasteiger partial charge in [0.15, 0.2) is 0 Å². The number of carbonyl (C=O) groups excluding carboxylic acids is 1. The molecule has 0 radical (unpaired) electrons. The van der Waals surface area contributed by atoms with E-state index in [4.69, 9.17) is 10.0 Å². The summed E-state index contributed by atoms with van der Waals surface area (Å²) in [6.45, 7) is 2.25. The van der Waals surface area contributed by atoms with E-state index in [1.165, 1.54) is 64.2 Å². The summed E-state index contributed by atoms with van der Waals surface area (Å²) in [5, 5.41) is 16.9. The molecule has 4 nitrogen and oxygen atoms in total. The van der Waals surface area contributed by atoms with Crippen LogP contribution in [0.5, 0.6) is 0 Å². The van der Waals surface area contributed by atoms with Crippen LogP contribution in [-0.4, -0.2) is 23.3 Å². The minimum Gasteiger partial charge on any atom is -0.485 e. The Labute approximate surface area is 155 Å². The van der Waals surface area contributed by atoms with Gasteiger partial charge in [-0.05, 0) is 6.42 Å². The van der Waals surface area contributed by atoms with Crippen molar-refractivity contribution in [3.05, 3.63) is 0 Å². The molecule has 0 spiro atoms. The van der Waals surface area contributed by atoms with Gasteiger partial charge in [-0.2, -0.15) is 0 Å². The van der Waals surface area contributed by atoms with Gasteiger partial charge in [-0.1, -0.05) is 84.0 Å². The Kier molecular flexibility index (Phi) is 21.7. The summed E-state index contributed by atoms with van der Waals surface area (Å²) in [6.07, 6.45) is 16.6. The standard InChI is InChI=1S/C16H33BO4.Zr/c1-2-3-4-5-6-7-8-9-10-11-12-13-14-15-16(18)21-17(19)20;/h19-20H,2-15H2,1H3;. The van der Waals surface area contributed by atoms with Gasteiger partial charge in [-0.3, -0.25) is 4.79 Å². The molecule has 0 aliphatic carbocycles. The fraction of sp³-hybridized carbons (Fsp3) is 0.938. The molecule has 0 saturated heterocycles. The topological polar surface area (TPSA) is 66.8 Å². The zero-order valence-electron chi connectivity index (χ0n) is 14.2. The molecule has 0 atom stereocenters. The van der Waals surface area contributed by atoms with Gasteiger partial charge in [0, 0.05) is 32.6 Å². The Morgan fingerprint density at radius 2 is 1.14 bits per heavy atom. The molecule has 0 aromatic heterocycles. The molecule has 0 heterocycles. The van der Waals surface area contributed by atoms with Gasteiger partial charge >= 0.3 is 7.32 Å². The van der Waals surface area contributed by atoms with Crippen LogP contribution in [0, 0.1) is 0 Å². The third-order valence-electron chi connectivity index (χ3n) is 3.72. The van der Waals surface area contributed by atoms with E-state index >= 15 is 0 Å². The quantitative estimate of drug-likeness (QED) is 0.327. The number of hydrogen-bond acceptors (Lipinski definition) is 4. The molecule has 0 amide bonds. The Balaban J connectivity index is 0. The number of rotatable bonds is 15. The van der Waals surface area contributed by atoms with E-state index in [1.807, 2.05) is 0 Å². The van der Waals surface area contributed by atoms with E-state index in [9.17, 15) is 4.79 Å². The van der Waals surface area contributed by atoms with Crippen LogP contribution >= 0.6 is 0 Å². The second-order valence-corrected chi connectivity index (χ2v) is 5.81. The van der Waals surface area contributed by atoms with Gasteiger partial charge in [-0.15, -0.1) is 0 Å². The van der Waals surface area contributed by atoms with Crippen LogP contribution in [0.4, 0.5) is 0 Å². The monoisotopic (exact) mass is 390 g/mol. The van der Waals surface area contributed by atoms with Crippen LogP contribution in [0.15, 0.2) is 0 Å². The van der Waals surface area contributed by atoms with Crippen molar-refractivity contribution >= 4 is 13.3 Å². The Morgan fingerprint density at radius 1 is 0.773 bits per heavy atom. The molecule has 0 aromatic carbocycles. The normalized spacial score (nSPS) is 10.1. The van der Waals surface area contributed by atoms with Crippen molar-refractivity contribution in [2.75, 3.05) is 0 Å². The molecule has 22 heavy (non-hydrogen) atoms. The van der Waals surface area contributed by atoms with Gasteiger partial charge in [0.05, 0.1) is 0 Å². The molecule has 0 aliphatic heterocycles. The van der Waals surface area contributed by atoms with Crippen LogP contribution in [0.25, 0.3) is 0 Å². The predicted octanol–water partition coefficient (Wildman–Crippen LogP) is 3.98. The van der Waals surface area contributed by atoms with Crippen LogP contribution < -0.4 is 0 Å². The second kappa shape index (κ2) is 19.4. The minimum absolute atomic E-state index is 0. The summed E-state index contributed by atoms with van der Waals surface area (Å²) in [4.78, 5) is 11.0. The largest absolute Gasteiger partial charge is 0.709 e. The van der Waals surface area contributed by atoms with Crippen molar-refractivity contribution in [3.8, 4) is 0 Å². The maximum Gasteiger partial charge on any atom is 0.709 e. The van der Waals surface area contributed by atoms with Gasteiger partial charge in [-0.25, -0.2) is 0 Å². The number of unbranched alkanes of at least 4 members (excludes halogenated alkanes) is 12. The number of carbonyl (C=O) groups is 1. The van der Waals surface area contributed by atoms with Crippen molar-refractivity contribution in [3.63, 3.8) is 0 Å². The summed E-state index contributed by atoms with van der Waals surface area (Å²) in [7, 11) is -1.97. The molecular weight excluding hydrogens is 358 g/mol. The molecule has 0 unspecified atom stereocenters. The average Bonchev–Trinajstić information content (AvgIpc) is 2.43. The first-order valence-electron chi connectivity index (χ1n) is 8.72. The fourth-order valence-corrected chi connectivity index (χ4v) is 2.46. The summed E-state index contributed by atoms with van der Waals surface area (Å²) < 4.78 is 4.23.